The zero-order chi connectivity index (χ0) is 15.4. The van der Waals surface area contributed by atoms with Crippen molar-refractivity contribution in [2.45, 2.75) is 39.0 Å². The van der Waals surface area contributed by atoms with Crippen molar-refractivity contribution in [2.24, 2.45) is 11.8 Å². The van der Waals surface area contributed by atoms with E-state index < -0.39 is 5.97 Å². The van der Waals surface area contributed by atoms with Crippen LogP contribution in [0.1, 0.15) is 39.0 Å². The van der Waals surface area contributed by atoms with E-state index >= 15 is 0 Å². The minimum absolute atomic E-state index is 0.0622. The Kier molecular flexibility index (Phi) is 5.33. The van der Waals surface area contributed by atoms with Gasteiger partial charge in [-0.05, 0) is 31.2 Å². The third-order valence-electron chi connectivity index (χ3n) is 4.64. The predicted octanol–water partition coefficient (Wildman–Crippen LogP) is 0.958. The number of nitrogens with zero attached hydrogens (tertiary/aromatic N) is 2. The van der Waals surface area contributed by atoms with Crippen LogP contribution in [-0.4, -0.2) is 58.9 Å². The highest BCUT2D eigenvalue weighted by Gasteiger charge is 2.30. The van der Waals surface area contributed by atoms with Gasteiger partial charge in [-0.2, -0.15) is 0 Å². The summed E-state index contributed by atoms with van der Waals surface area (Å²) in [7, 11) is 0. The Hall–Kier alpha value is -1.43. The van der Waals surface area contributed by atoms with Crippen LogP contribution in [0.4, 0.5) is 0 Å². The molecule has 118 valence electrons. The van der Waals surface area contributed by atoms with Crippen molar-refractivity contribution in [1.29, 1.82) is 0 Å². The largest absolute Gasteiger partial charge is 0.481 e. The summed E-state index contributed by atoms with van der Waals surface area (Å²) in [4.78, 5) is 37.6. The Bertz CT molecular complexity index is 408. The molecule has 2 amide bonds. The Balaban J connectivity index is 1.80. The molecule has 0 aromatic carbocycles. The molecule has 2 heterocycles. The Labute approximate surface area is 125 Å². The molecule has 0 aromatic heterocycles. The summed E-state index contributed by atoms with van der Waals surface area (Å²) < 4.78 is 0. The molecule has 6 heteroatoms. The second kappa shape index (κ2) is 7.02. The number of imide groups is 1. The number of hydrogen-bond donors (Lipinski definition) is 1. The van der Waals surface area contributed by atoms with Crippen LogP contribution in [0.5, 0.6) is 0 Å². The Morgan fingerprint density at radius 2 is 1.95 bits per heavy atom. The van der Waals surface area contributed by atoms with Gasteiger partial charge in [0.15, 0.2) is 0 Å². The van der Waals surface area contributed by atoms with Crippen LogP contribution in [0, 0.1) is 11.8 Å². The van der Waals surface area contributed by atoms with E-state index in [9.17, 15) is 14.4 Å². The number of likely N-dealkylation sites (tertiary alicyclic amines) is 2. The van der Waals surface area contributed by atoms with Crippen molar-refractivity contribution in [2.75, 3.05) is 26.2 Å². The van der Waals surface area contributed by atoms with Crippen molar-refractivity contribution in [3.05, 3.63) is 0 Å². The average molecular weight is 296 g/mol. The van der Waals surface area contributed by atoms with Crippen LogP contribution in [0.2, 0.25) is 0 Å². The smallest absolute Gasteiger partial charge is 0.303 e. The predicted molar refractivity (Wildman–Crippen MR) is 76.5 cm³/mol. The molecule has 2 rings (SSSR count). The molecule has 2 unspecified atom stereocenters. The fraction of sp³-hybridized carbons (Fsp3) is 0.800. The van der Waals surface area contributed by atoms with Crippen LogP contribution < -0.4 is 0 Å². The second-order valence-electron chi connectivity index (χ2n) is 6.22. The van der Waals surface area contributed by atoms with Crippen LogP contribution in [-0.2, 0) is 14.4 Å². The first-order valence-electron chi connectivity index (χ1n) is 7.74. The molecule has 2 aliphatic rings. The lowest BCUT2D eigenvalue weighted by Gasteiger charge is -2.36. The molecule has 2 atom stereocenters. The van der Waals surface area contributed by atoms with Crippen LogP contribution in [0.25, 0.3) is 0 Å². The van der Waals surface area contributed by atoms with Crippen molar-refractivity contribution in [3.63, 3.8) is 0 Å². The quantitative estimate of drug-likeness (QED) is 0.739. The van der Waals surface area contributed by atoms with E-state index in [1.807, 2.05) is 6.92 Å². The van der Waals surface area contributed by atoms with E-state index in [4.69, 9.17) is 5.11 Å². The average Bonchev–Trinajstić information content (AvgIpc) is 2.75. The van der Waals surface area contributed by atoms with Gasteiger partial charge < -0.3 is 10.0 Å². The second-order valence-corrected chi connectivity index (χ2v) is 6.22. The lowest BCUT2D eigenvalue weighted by molar-refractivity contribution is -0.140. The van der Waals surface area contributed by atoms with E-state index in [0.29, 0.717) is 31.8 Å². The molecule has 6 nitrogen and oxygen atoms in total. The van der Waals surface area contributed by atoms with Gasteiger partial charge >= 0.3 is 5.97 Å². The number of carbonyl (C=O) groups excluding carboxylic acids is 2. The van der Waals surface area contributed by atoms with Crippen molar-refractivity contribution in [1.82, 2.24) is 9.80 Å². The molecule has 2 fully saturated rings. The highest BCUT2D eigenvalue weighted by molar-refractivity contribution is 6.01. The fourth-order valence-electron chi connectivity index (χ4n) is 3.31. The van der Waals surface area contributed by atoms with Crippen molar-refractivity contribution in [3.8, 4) is 0 Å². The molecule has 0 spiro atoms. The number of carbonyl (C=O) groups is 3. The van der Waals surface area contributed by atoms with Gasteiger partial charge in [-0.3, -0.25) is 19.3 Å². The van der Waals surface area contributed by atoms with E-state index in [1.54, 1.807) is 0 Å². The van der Waals surface area contributed by atoms with E-state index in [2.05, 4.69) is 4.90 Å². The van der Waals surface area contributed by atoms with Gasteiger partial charge in [0.05, 0.1) is 0 Å². The van der Waals surface area contributed by atoms with Crippen molar-refractivity contribution >= 4 is 17.8 Å². The molecular weight excluding hydrogens is 272 g/mol. The fourth-order valence-corrected chi connectivity index (χ4v) is 3.31. The van der Waals surface area contributed by atoms with Gasteiger partial charge in [0.1, 0.15) is 0 Å². The summed E-state index contributed by atoms with van der Waals surface area (Å²) in [5.74, 6) is -0.311. The monoisotopic (exact) mass is 296 g/mol. The summed E-state index contributed by atoms with van der Waals surface area (Å²) in [6, 6.07) is 0. The molecule has 1 N–H and O–H groups in total. The SMILES string of the molecule is CC(CC(=O)O)C1CCCN(CCN2C(=O)CCC2=O)C1. The molecule has 0 aromatic rings. The Morgan fingerprint density at radius 3 is 2.57 bits per heavy atom. The maximum absolute atomic E-state index is 11.6. The molecule has 21 heavy (non-hydrogen) atoms. The maximum atomic E-state index is 11.6. The number of carboxylic acids is 1. The van der Waals surface area contributed by atoms with Gasteiger partial charge in [-0.15, -0.1) is 0 Å². The zero-order valence-electron chi connectivity index (χ0n) is 12.6. The van der Waals surface area contributed by atoms with Crippen molar-refractivity contribution < 1.29 is 19.5 Å². The minimum Gasteiger partial charge on any atom is -0.481 e. The van der Waals surface area contributed by atoms with E-state index in [1.165, 1.54) is 4.90 Å². The summed E-state index contributed by atoms with van der Waals surface area (Å²) in [6.45, 7) is 5.00. The molecular formula is C15H24N2O4. The number of piperidine rings is 1. The summed E-state index contributed by atoms with van der Waals surface area (Å²) in [6.07, 6.45) is 3.01. The maximum Gasteiger partial charge on any atom is 0.303 e. The van der Waals surface area contributed by atoms with Gasteiger partial charge in [0, 0.05) is 38.9 Å². The third-order valence-corrected chi connectivity index (χ3v) is 4.64. The highest BCUT2D eigenvalue weighted by Crippen LogP contribution is 2.26. The lowest BCUT2D eigenvalue weighted by Crippen LogP contribution is -2.43. The number of carboxylic acid groups (broad SMARTS) is 1. The number of amides is 2. The summed E-state index contributed by atoms with van der Waals surface area (Å²) >= 11 is 0. The molecule has 0 aliphatic carbocycles. The normalized spacial score (nSPS) is 25.4. The number of hydrogen-bond acceptors (Lipinski definition) is 4. The van der Waals surface area contributed by atoms with Gasteiger partial charge in [-0.25, -0.2) is 0 Å². The Morgan fingerprint density at radius 1 is 1.29 bits per heavy atom. The first kappa shape index (κ1) is 15.9. The third kappa shape index (κ3) is 4.27. The topological polar surface area (TPSA) is 77.9 Å². The first-order chi connectivity index (χ1) is 9.97. The summed E-state index contributed by atoms with van der Waals surface area (Å²) in [5.41, 5.74) is 0. The van der Waals surface area contributed by atoms with Crippen LogP contribution >= 0.6 is 0 Å². The molecule has 2 aliphatic heterocycles. The standard InChI is InChI=1S/C15H24N2O4/c1-11(9-15(20)21)12-3-2-6-16(10-12)7-8-17-13(18)4-5-14(17)19/h11-12H,2-10H2,1H3,(H,20,21). The lowest BCUT2D eigenvalue weighted by atomic mass is 9.85. The molecule has 2 saturated heterocycles. The van der Waals surface area contributed by atoms with Crippen LogP contribution in [0.3, 0.4) is 0 Å². The van der Waals surface area contributed by atoms with Gasteiger partial charge in [0.25, 0.3) is 0 Å². The molecule has 0 radical (unpaired) electrons. The molecule has 0 bridgehead atoms. The van der Waals surface area contributed by atoms with E-state index in [-0.39, 0.29) is 24.2 Å². The van der Waals surface area contributed by atoms with Gasteiger partial charge in [-0.1, -0.05) is 6.92 Å². The molecule has 0 saturated carbocycles. The van der Waals surface area contributed by atoms with E-state index in [0.717, 1.165) is 25.9 Å². The summed E-state index contributed by atoms with van der Waals surface area (Å²) in [5, 5.41) is 8.89. The first-order valence-corrected chi connectivity index (χ1v) is 7.74. The minimum atomic E-state index is -0.743. The number of rotatable bonds is 6. The number of aliphatic carboxylic acids is 1. The van der Waals surface area contributed by atoms with Gasteiger partial charge in [0.2, 0.25) is 11.8 Å². The van der Waals surface area contributed by atoms with Crippen LogP contribution in [0.15, 0.2) is 0 Å². The highest BCUT2D eigenvalue weighted by atomic mass is 16.4. The zero-order valence-corrected chi connectivity index (χ0v) is 12.6.